The van der Waals surface area contributed by atoms with Crippen LogP contribution in [0.4, 0.5) is 5.69 Å². The number of anilines is 1. The maximum atomic E-state index is 12.5. The molecule has 0 atom stereocenters. The lowest BCUT2D eigenvalue weighted by atomic mass is 9.97. The van der Waals surface area contributed by atoms with Crippen LogP contribution in [-0.2, 0) is 24.1 Å². The summed E-state index contributed by atoms with van der Waals surface area (Å²) >= 11 is 0. The third-order valence-corrected chi connectivity index (χ3v) is 4.47. The summed E-state index contributed by atoms with van der Waals surface area (Å²) in [5, 5.41) is 2.93. The lowest BCUT2D eigenvalue weighted by Gasteiger charge is -2.13. The molecular formula is C19H19NO4. The van der Waals surface area contributed by atoms with Crippen molar-refractivity contribution in [2.45, 2.75) is 19.3 Å². The molecule has 0 fully saturated rings. The minimum absolute atomic E-state index is 0.0573. The Hall–Kier alpha value is -2.69. The van der Waals surface area contributed by atoms with Gasteiger partial charge in [-0.1, -0.05) is 0 Å². The number of ether oxygens (including phenoxy) is 3. The molecule has 2 aromatic carbocycles. The van der Waals surface area contributed by atoms with E-state index in [0.717, 1.165) is 52.5 Å². The molecule has 0 bridgehead atoms. The first-order valence-corrected chi connectivity index (χ1v) is 8.12. The molecule has 2 aromatic rings. The van der Waals surface area contributed by atoms with E-state index in [1.54, 1.807) is 7.11 Å². The first-order valence-electron chi connectivity index (χ1n) is 8.12. The van der Waals surface area contributed by atoms with Crippen molar-refractivity contribution in [3.05, 3.63) is 47.0 Å². The van der Waals surface area contributed by atoms with Crippen molar-refractivity contribution in [1.82, 2.24) is 0 Å². The predicted octanol–water partition coefficient (Wildman–Crippen LogP) is 2.75. The van der Waals surface area contributed by atoms with Crippen LogP contribution in [-0.4, -0.2) is 26.2 Å². The Kier molecular flexibility index (Phi) is 3.76. The van der Waals surface area contributed by atoms with Gasteiger partial charge in [-0.3, -0.25) is 4.79 Å². The van der Waals surface area contributed by atoms with E-state index in [9.17, 15) is 4.79 Å². The van der Waals surface area contributed by atoms with E-state index in [4.69, 9.17) is 14.2 Å². The van der Waals surface area contributed by atoms with Crippen LogP contribution in [0.1, 0.15) is 16.7 Å². The summed E-state index contributed by atoms with van der Waals surface area (Å²) in [6.45, 7) is 1.34. The lowest BCUT2D eigenvalue weighted by molar-refractivity contribution is -0.115. The Morgan fingerprint density at radius 3 is 2.75 bits per heavy atom. The molecule has 0 radical (unpaired) electrons. The van der Waals surface area contributed by atoms with Crippen LogP contribution in [0.15, 0.2) is 30.3 Å². The SMILES string of the molecule is COc1ccc(NC(=O)Cc2c3c(cc4c2OCC4)OCC3)cc1. The molecule has 2 aliphatic rings. The van der Waals surface area contributed by atoms with Crippen LogP contribution in [0.2, 0.25) is 0 Å². The number of amides is 1. The Balaban J connectivity index is 1.55. The van der Waals surface area contributed by atoms with E-state index in [2.05, 4.69) is 11.4 Å². The number of hydrogen-bond donors (Lipinski definition) is 1. The van der Waals surface area contributed by atoms with Gasteiger partial charge in [0.15, 0.2) is 0 Å². The highest BCUT2D eigenvalue weighted by atomic mass is 16.5. The van der Waals surface area contributed by atoms with Crippen molar-refractivity contribution in [2.24, 2.45) is 0 Å². The minimum atomic E-state index is -0.0573. The summed E-state index contributed by atoms with van der Waals surface area (Å²) in [6.07, 6.45) is 2.00. The number of fused-ring (bicyclic) bond motifs is 2. The Labute approximate surface area is 140 Å². The fourth-order valence-electron chi connectivity index (χ4n) is 3.31. The van der Waals surface area contributed by atoms with Gasteiger partial charge in [-0.25, -0.2) is 0 Å². The molecule has 24 heavy (non-hydrogen) atoms. The quantitative estimate of drug-likeness (QED) is 0.939. The van der Waals surface area contributed by atoms with Crippen molar-refractivity contribution in [2.75, 3.05) is 25.6 Å². The second-order valence-corrected chi connectivity index (χ2v) is 5.97. The van der Waals surface area contributed by atoms with Crippen molar-refractivity contribution in [3.63, 3.8) is 0 Å². The largest absolute Gasteiger partial charge is 0.497 e. The molecular weight excluding hydrogens is 306 g/mol. The van der Waals surface area contributed by atoms with Gasteiger partial charge in [0.1, 0.15) is 17.2 Å². The molecule has 2 aliphatic heterocycles. The molecule has 5 nitrogen and oxygen atoms in total. The molecule has 124 valence electrons. The molecule has 2 heterocycles. The molecule has 5 heteroatoms. The molecule has 0 saturated carbocycles. The summed E-state index contributed by atoms with van der Waals surface area (Å²) in [5.74, 6) is 2.49. The van der Waals surface area contributed by atoms with E-state index >= 15 is 0 Å². The zero-order chi connectivity index (χ0) is 16.5. The Bertz CT molecular complexity index is 751. The highest BCUT2D eigenvalue weighted by Gasteiger charge is 2.27. The summed E-state index contributed by atoms with van der Waals surface area (Å²) < 4.78 is 16.6. The van der Waals surface area contributed by atoms with Crippen LogP contribution < -0.4 is 19.5 Å². The van der Waals surface area contributed by atoms with Gasteiger partial charge in [0.25, 0.3) is 0 Å². The number of rotatable bonds is 4. The minimum Gasteiger partial charge on any atom is -0.497 e. The van der Waals surface area contributed by atoms with Crippen molar-refractivity contribution < 1.29 is 19.0 Å². The van der Waals surface area contributed by atoms with E-state index in [-0.39, 0.29) is 5.91 Å². The molecule has 0 aromatic heterocycles. The van der Waals surface area contributed by atoms with Crippen LogP contribution >= 0.6 is 0 Å². The Morgan fingerprint density at radius 1 is 1.17 bits per heavy atom. The second-order valence-electron chi connectivity index (χ2n) is 5.97. The zero-order valence-corrected chi connectivity index (χ0v) is 13.6. The first-order chi connectivity index (χ1) is 11.7. The maximum absolute atomic E-state index is 12.5. The lowest BCUT2D eigenvalue weighted by Crippen LogP contribution is -2.16. The average Bonchev–Trinajstić information content (AvgIpc) is 3.24. The standard InChI is InChI=1S/C19H19NO4/c1-22-14-4-2-13(3-5-14)20-18(21)11-16-15-7-9-23-17(15)10-12-6-8-24-19(12)16/h2-5,10H,6-9,11H2,1H3,(H,20,21). The highest BCUT2D eigenvalue weighted by molar-refractivity contribution is 5.93. The average molecular weight is 325 g/mol. The van der Waals surface area contributed by atoms with Gasteiger partial charge < -0.3 is 19.5 Å². The zero-order valence-electron chi connectivity index (χ0n) is 13.6. The molecule has 0 unspecified atom stereocenters. The number of carbonyl (C=O) groups excluding carboxylic acids is 1. The summed E-state index contributed by atoms with van der Waals surface area (Å²) in [4.78, 5) is 12.5. The molecule has 0 saturated heterocycles. The summed E-state index contributed by atoms with van der Waals surface area (Å²) in [6, 6.07) is 9.37. The Morgan fingerprint density at radius 2 is 1.96 bits per heavy atom. The van der Waals surface area contributed by atoms with Gasteiger partial charge in [0, 0.05) is 35.2 Å². The van der Waals surface area contributed by atoms with Crippen LogP contribution in [0.5, 0.6) is 17.2 Å². The van der Waals surface area contributed by atoms with Crippen LogP contribution in [0.25, 0.3) is 0 Å². The molecule has 0 aliphatic carbocycles. The third kappa shape index (κ3) is 2.66. The number of hydrogen-bond acceptors (Lipinski definition) is 4. The van der Waals surface area contributed by atoms with Gasteiger partial charge >= 0.3 is 0 Å². The van der Waals surface area contributed by atoms with E-state index in [1.807, 2.05) is 24.3 Å². The van der Waals surface area contributed by atoms with Gasteiger partial charge in [-0.2, -0.15) is 0 Å². The summed E-state index contributed by atoms with van der Waals surface area (Å²) in [7, 11) is 1.62. The monoisotopic (exact) mass is 325 g/mol. The smallest absolute Gasteiger partial charge is 0.228 e. The van der Waals surface area contributed by atoms with Gasteiger partial charge in [-0.05, 0) is 30.3 Å². The fraction of sp³-hybridized carbons (Fsp3) is 0.316. The number of methoxy groups -OCH3 is 1. The summed E-state index contributed by atoms with van der Waals surface area (Å²) in [5.41, 5.74) is 3.98. The molecule has 0 spiro atoms. The van der Waals surface area contributed by atoms with E-state index in [1.165, 1.54) is 0 Å². The van der Waals surface area contributed by atoms with Crippen LogP contribution in [0, 0.1) is 0 Å². The molecule has 1 amide bonds. The van der Waals surface area contributed by atoms with Gasteiger partial charge in [0.05, 0.1) is 26.7 Å². The van der Waals surface area contributed by atoms with E-state index in [0.29, 0.717) is 19.6 Å². The second kappa shape index (κ2) is 6.07. The third-order valence-electron chi connectivity index (χ3n) is 4.47. The number of benzene rings is 2. The van der Waals surface area contributed by atoms with Gasteiger partial charge in [0.2, 0.25) is 5.91 Å². The van der Waals surface area contributed by atoms with Crippen molar-refractivity contribution in [1.29, 1.82) is 0 Å². The number of carbonyl (C=O) groups is 1. The topological polar surface area (TPSA) is 56.8 Å². The highest BCUT2D eigenvalue weighted by Crippen LogP contribution is 2.40. The molecule has 1 N–H and O–H groups in total. The van der Waals surface area contributed by atoms with Crippen molar-refractivity contribution >= 4 is 11.6 Å². The van der Waals surface area contributed by atoms with E-state index < -0.39 is 0 Å². The predicted molar refractivity (Wildman–Crippen MR) is 90.2 cm³/mol. The van der Waals surface area contributed by atoms with Crippen molar-refractivity contribution in [3.8, 4) is 17.2 Å². The van der Waals surface area contributed by atoms with Gasteiger partial charge in [-0.15, -0.1) is 0 Å². The maximum Gasteiger partial charge on any atom is 0.228 e. The van der Waals surface area contributed by atoms with Crippen LogP contribution in [0.3, 0.4) is 0 Å². The normalized spacial score (nSPS) is 14.4. The first kappa shape index (κ1) is 14.9. The number of nitrogens with one attached hydrogen (secondary N) is 1. The fourth-order valence-corrected chi connectivity index (χ4v) is 3.31. The molecule has 4 rings (SSSR count).